The maximum atomic E-state index is 12.6. The topological polar surface area (TPSA) is 59.1 Å². The third kappa shape index (κ3) is 2.88. The Morgan fingerprint density at radius 3 is 2.32 bits per heavy atom. The van der Waals surface area contributed by atoms with E-state index in [1.165, 1.54) is 18.3 Å². The quantitative estimate of drug-likeness (QED) is 0.762. The third-order valence-corrected chi connectivity index (χ3v) is 5.05. The molecule has 0 aliphatic carbocycles. The Kier molecular flexibility index (Phi) is 3.95. The van der Waals surface area contributed by atoms with Crippen LogP contribution >= 0.6 is 23.2 Å². The number of anilines is 1. The predicted molar refractivity (Wildman–Crippen MR) is 89.0 cm³/mol. The van der Waals surface area contributed by atoms with Crippen LogP contribution in [0.4, 0.5) is 5.82 Å². The van der Waals surface area contributed by atoms with Crippen molar-refractivity contribution >= 4 is 49.8 Å². The number of pyridine rings is 1. The number of hydrogen-bond donors (Lipinski definition) is 1. The fourth-order valence-corrected chi connectivity index (χ4v) is 3.66. The monoisotopic (exact) mass is 352 g/mol. The minimum atomic E-state index is -3.78. The van der Waals surface area contributed by atoms with Crippen LogP contribution in [0.15, 0.2) is 59.6 Å². The highest BCUT2D eigenvalue weighted by Gasteiger charge is 2.18. The highest BCUT2D eigenvalue weighted by atomic mass is 35.5. The lowest BCUT2D eigenvalue weighted by Crippen LogP contribution is -2.14. The number of hydrogen-bond acceptors (Lipinski definition) is 3. The molecule has 0 aliphatic heterocycles. The molecule has 0 saturated heterocycles. The maximum Gasteiger partial charge on any atom is 0.263 e. The predicted octanol–water partition coefficient (Wildman–Crippen LogP) is 4.34. The van der Waals surface area contributed by atoms with Crippen molar-refractivity contribution in [3.05, 3.63) is 64.8 Å². The molecule has 2 aromatic carbocycles. The fraction of sp³-hybridized carbons (Fsp3) is 0. The molecule has 0 atom stereocenters. The fourth-order valence-electron chi connectivity index (χ4n) is 2.10. The highest BCUT2D eigenvalue weighted by Crippen LogP contribution is 2.30. The van der Waals surface area contributed by atoms with Crippen molar-refractivity contribution in [3.63, 3.8) is 0 Å². The van der Waals surface area contributed by atoms with Crippen LogP contribution in [-0.4, -0.2) is 13.4 Å². The van der Waals surface area contributed by atoms with E-state index >= 15 is 0 Å². The van der Waals surface area contributed by atoms with E-state index in [4.69, 9.17) is 23.2 Å². The zero-order valence-corrected chi connectivity index (χ0v) is 13.5. The molecular formula is C15H10Cl2N2O2S. The average Bonchev–Trinajstić information content (AvgIpc) is 2.50. The van der Waals surface area contributed by atoms with Crippen LogP contribution in [0, 0.1) is 0 Å². The standard InChI is InChI=1S/C15H10Cl2N2O2S/c16-10-5-8-15(18-9-10)19-22(20,21)14-7-6-13(17)11-3-1-2-4-12(11)14/h1-9H,(H,18,19). The van der Waals surface area contributed by atoms with Gasteiger partial charge in [0.15, 0.2) is 0 Å². The number of aromatic nitrogens is 1. The van der Waals surface area contributed by atoms with E-state index in [1.54, 1.807) is 36.4 Å². The Bertz CT molecular complexity index is 941. The van der Waals surface area contributed by atoms with Crippen molar-refractivity contribution in [2.45, 2.75) is 4.90 Å². The van der Waals surface area contributed by atoms with Crippen LogP contribution < -0.4 is 4.72 Å². The van der Waals surface area contributed by atoms with Gasteiger partial charge in [0.05, 0.1) is 9.92 Å². The Hall–Kier alpha value is -1.82. The molecule has 0 radical (unpaired) electrons. The number of nitrogens with one attached hydrogen (secondary N) is 1. The molecule has 112 valence electrons. The SMILES string of the molecule is O=S(=O)(Nc1ccc(Cl)cn1)c1ccc(Cl)c2ccccc12. The van der Waals surface area contributed by atoms with Crippen molar-refractivity contribution in [1.29, 1.82) is 0 Å². The van der Waals surface area contributed by atoms with Gasteiger partial charge in [-0.3, -0.25) is 4.72 Å². The molecular weight excluding hydrogens is 343 g/mol. The lowest BCUT2D eigenvalue weighted by atomic mass is 10.1. The van der Waals surface area contributed by atoms with Crippen molar-refractivity contribution < 1.29 is 8.42 Å². The smallest absolute Gasteiger partial charge is 0.263 e. The second-order valence-corrected chi connectivity index (χ2v) is 7.05. The summed E-state index contributed by atoms with van der Waals surface area (Å²) < 4.78 is 27.6. The van der Waals surface area contributed by atoms with Gasteiger partial charge in [0, 0.05) is 22.0 Å². The number of benzene rings is 2. The molecule has 0 aliphatic rings. The van der Waals surface area contributed by atoms with E-state index in [1.807, 2.05) is 0 Å². The van der Waals surface area contributed by atoms with E-state index in [0.29, 0.717) is 20.8 Å². The van der Waals surface area contributed by atoms with Crippen LogP contribution in [-0.2, 0) is 10.0 Å². The summed E-state index contributed by atoms with van der Waals surface area (Å²) in [6.45, 7) is 0. The summed E-state index contributed by atoms with van der Waals surface area (Å²) >= 11 is 11.9. The van der Waals surface area contributed by atoms with Crippen molar-refractivity contribution in [3.8, 4) is 0 Å². The summed E-state index contributed by atoms with van der Waals surface area (Å²) in [7, 11) is -3.78. The molecule has 0 amide bonds. The highest BCUT2D eigenvalue weighted by molar-refractivity contribution is 7.93. The van der Waals surface area contributed by atoms with E-state index in [9.17, 15) is 8.42 Å². The Morgan fingerprint density at radius 1 is 0.909 bits per heavy atom. The number of fused-ring (bicyclic) bond motifs is 1. The van der Waals surface area contributed by atoms with Gasteiger partial charge in [0.1, 0.15) is 5.82 Å². The summed E-state index contributed by atoms with van der Waals surface area (Å²) in [5.41, 5.74) is 0. The first-order valence-corrected chi connectivity index (χ1v) is 8.53. The number of halogens is 2. The zero-order valence-electron chi connectivity index (χ0n) is 11.1. The molecule has 4 nitrogen and oxygen atoms in total. The zero-order chi connectivity index (χ0) is 15.7. The van der Waals surface area contributed by atoms with Gasteiger partial charge in [0.2, 0.25) is 0 Å². The summed E-state index contributed by atoms with van der Waals surface area (Å²) in [6, 6.07) is 13.2. The number of sulfonamides is 1. The normalized spacial score (nSPS) is 11.5. The summed E-state index contributed by atoms with van der Waals surface area (Å²) in [4.78, 5) is 4.08. The summed E-state index contributed by atoms with van der Waals surface area (Å²) in [5, 5.41) is 2.16. The molecule has 0 bridgehead atoms. The number of rotatable bonds is 3. The molecule has 0 unspecified atom stereocenters. The number of nitrogens with zero attached hydrogens (tertiary/aromatic N) is 1. The van der Waals surface area contributed by atoms with Gasteiger partial charge in [-0.25, -0.2) is 13.4 Å². The van der Waals surface area contributed by atoms with Crippen LogP contribution in [0.25, 0.3) is 10.8 Å². The van der Waals surface area contributed by atoms with Crippen LogP contribution in [0.1, 0.15) is 0 Å². The lowest BCUT2D eigenvalue weighted by molar-refractivity contribution is 0.602. The van der Waals surface area contributed by atoms with Gasteiger partial charge in [-0.2, -0.15) is 0 Å². The molecule has 0 spiro atoms. The minimum Gasteiger partial charge on any atom is -0.263 e. The molecule has 0 fully saturated rings. The summed E-state index contributed by atoms with van der Waals surface area (Å²) in [6.07, 6.45) is 1.37. The van der Waals surface area contributed by atoms with Crippen LogP contribution in [0.3, 0.4) is 0 Å². The lowest BCUT2D eigenvalue weighted by Gasteiger charge is -2.11. The first kappa shape index (κ1) is 15.1. The van der Waals surface area contributed by atoms with Gasteiger partial charge in [-0.15, -0.1) is 0 Å². The second kappa shape index (κ2) is 5.76. The van der Waals surface area contributed by atoms with Gasteiger partial charge in [-0.05, 0) is 24.3 Å². The van der Waals surface area contributed by atoms with E-state index in [0.717, 1.165) is 0 Å². The molecule has 3 rings (SSSR count). The molecule has 1 N–H and O–H groups in total. The van der Waals surface area contributed by atoms with Gasteiger partial charge < -0.3 is 0 Å². The molecule has 22 heavy (non-hydrogen) atoms. The molecule has 3 aromatic rings. The Balaban J connectivity index is 2.10. The first-order chi connectivity index (χ1) is 10.5. The van der Waals surface area contributed by atoms with Gasteiger partial charge in [0.25, 0.3) is 10.0 Å². The van der Waals surface area contributed by atoms with E-state index in [2.05, 4.69) is 9.71 Å². The van der Waals surface area contributed by atoms with Crippen LogP contribution in [0.5, 0.6) is 0 Å². The third-order valence-electron chi connectivity index (χ3n) is 3.09. The second-order valence-electron chi connectivity index (χ2n) is 4.56. The van der Waals surface area contributed by atoms with Crippen LogP contribution in [0.2, 0.25) is 10.0 Å². The average molecular weight is 353 g/mol. The van der Waals surface area contributed by atoms with E-state index < -0.39 is 10.0 Å². The first-order valence-electron chi connectivity index (χ1n) is 6.29. The van der Waals surface area contributed by atoms with Crippen molar-refractivity contribution in [2.24, 2.45) is 0 Å². The largest absolute Gasteiger partial charge is 0.263 e. The van der Waals surface area contributed by atoms with Gasteiger partial charge in [-0.1, -0.05) is 47.5 Å². The molecule has 0 saturated carbocycles. The molecule has 7 heteroatoms. The van der Waals surface area contributed by atoms with Gasteiger partial charge >= 0.3 is 0 Å². The molecule has 1 heterocycles. The maximum absolute atomic E-state index is 12.6. The minimum absolute atomic E-state index is 0.143. The molecule has 1 aromatic heterocycles. The van der Waals surface area contributed by atoms with Crippen molar-refractivity contribution in [1.82, 2.24) is 4.98 Å². The Morgan fingerprint density at radius 2 is 1.64 bits per heavy atom. The summed E-state index contributed by atoms with van der Waals surface area (Å²) in [5.74, 6) is 0.198. The Labute approximate surface area is 137 Å². The van der Waals surface area contributed by atoms with E-state index in [-0.39, 0.29) is 10.7 Å². The van der Waals surface area contributed by atoms with Crippen molar-refractivity contribution in [2.75, 3.05) is 4.72 Å².